The van der Waals surface area contributed by atoms with E-state index in [1.165, 1.54) is 0 Å². The summed E-state index contributed by atoms with van der Waals surface area (Å²) in [5.41, 5.74) is 2.78. The molecule has 1 aromatic heterocycles. The van der Waals surface area contributed by atoms with Gasteiger partial charge in [-0.1, -0.05) is 50.2 Å². The minimum absolute atomic E-state index is 0.137. The molecular weight excluding hydrogens is 404 g/mol. The topological polar surface area (TPSA) is 84.3 Å². The van der Waals surface area contributed by atoms with Crippen molar-refractivity contribution >= 4 is 17.7 Å². The van der Waals surface area contributed by atoms with Crippen molar-refractivity contribution in [3.63, 3.8) is 0 Å². The van der Waals surface area contributed by atoms with Crippen LogP contribution in [-0.4, -0.2) is 38.2 Å². The molecule has 0 radical (unpaired) electrons. The molecule has 0 saturated heterocycles. The lowest BCUT2D eigenvalue weighted by molar-refractivity contribution is -0.125. The molecule has 0 fully saturated rings. The number of nitrogens with zero attached hydrogens (tertiary/aromatic N) is 3. The first-order chi connectivity index (χ1) is 15.4. The molecule has 3 amide bonds. The van der Waals surface area contributed by atoms with Crippen LogP contribution >= 0.6 is 0 Å². The van der Waals surface area contributed by atoms with Gasteiger partial charge in [-0.2, -0.15) is 0 Å². The van der Waals surface area contributed by atoms with Gasteiger partial charge in [0.05, 0.1) is 17.5 Å². The molecule has 2 heterocycles. The van der Waals surface area contributed by atoms with Gasteiger partial charge in [0.2, 0.25) is 5.91 Å². The quantitative estimate of drug-likeness (QED) is 0.556. The highest BCUT2D eigenvalue weighted by atomic mass is 16.2. The summed E-state index contributed by atoms with van der Waals surface area (Å²) < 4.78 is 1.98. The van der Waals surface area contributed by atoms with E-state index in [2.05, 4.69) is 10.3 Å². The normalized spacial score (nSPS) is 14.0. The van der Waals surface area contributed by atoms with E-state index in [-0.39, 0.29) is 11.8 Å². The Balaban J connectivity index is 1.44. The maximum absolute atomic E-state index is 13.1. The zero-order valence-electron chi connectivity index (χ0n) is 18.2. The molecule has 2 aromatic carbocycles. The maximum atomic E-state index is 13.1. The SMILES string of the molecule is CC(C)CC(C(=O)NCc1ccc(Cn2ccnc2)cc1)N1C(=O)c2ccccc2C1=O. The van der Waals surface area contributed by atoms with Crippen molar-refractivity contribution in [1.29, 1.82) is 0 Å². The van der Waals surface area contributed by atoms with Gasteiger partial charge in [-0.05, 0) is 35.6 Å². The van der Waals surface area contributed by atoms with E-state index in [4.69, 9.17) is 0 Å². The molecule has 32 heavy (non-hydrogen) atoms. The minimum atomic E-state index is -0.845. The molecule has 0 saturated carbocycles. The molecule has 0 bridgehead atoms. The Labute approximate surface area is 187 Å². The van der Waals surface area contributed by atoms with E-state index in [9.17, 15) is 14.4 Å². The van der Waals surface area contributed by atoms with E-state index >= 15 is 0 Å². The highest BCUT2D eigenvalue weighted by molar-refractivity contribution is 6.22. The van der Waals surface area contributed by atoms with Crippen LogP contribution in [0.2, 0.25) is 0 Å². The van der Waals surface area contributed by atoms with E-state index in [0.29, 0.717) is 24.1 Å². The Bertz CT molecular complexity index is 1090. The Morgan fingerprint density at radius 3 is 2.16 bits per heavy atom. The second kappa shape index (κ2) is 9.18. The second-order valence-electron chi connectivity index (χ2n) is 8.44. The summed E-state index contributed by atoms with van der Waals surface area (Å²) in [5.74, 6) is -1.00. The first-order valence-electron chi connectivity index (χ1n) is 10.7. The lowest BCUT2D eigenvalue weighted by Crippen LogP contribution is -2.50. The van der Waals surface area contributed by atoms with Crippen molar-refractivity contribution in [1.82, 2.24) is 19.8 Å². The molecule has 0 aliphatic carbocycles. The Morgan fingerprint density at radius 1 is 0.969 bits per heavy atom. The van der Waals surface area contributed by atoms with Crippen molar-refractivity contribution < 1.29 is 14.4 Å². The van der Waals surface area contributed by atoms with Crippen LogP contribution < -0.4 is 5.32 Å². The van der Waals surface area contributed by atoms with Gasteiger partial charge < -0.3 is 9.88 Å². The predicted octanol–water partition coefficient (Wildman–Crippen LogP) is 3.26. The molecule has 1 unspecified atom stereocenters. The molecule has 3 aromatic rings. The van der Waals surface area contributed by atoms with Crippen LogP contribution in [0, 0.1) is 5.92 Å². The monoisotopic (exact) mass is 430 g/mol. The molecule has 4 rings (SSSR count). The highest BCUT2D eigenvalue weighted by Crippen LogP contribution is 2.27. The van der Waals surface area contributed by atoms with Gasteiger partial charge in [0, 0.05) is 25.5 Å². The van der Waals surface area contributed by atoms with Crippen molar-refractivity contribution in [3.05, 3.63) is 89.5 Å². The predicted molar refractivity (Wildman–Crippen MR) is 120 cm³/mol. The Morgan fingerprint density at radius 2 is 1.59 bits per heavy atom. The van der Waals surface area contributed by atoms with Gasteiger partial charge in [-0.3, -0.25) is 19.3 Å². The van der Waals surface area contributed by atoms with Gasteiger partial charge in [0.15, 0.2) is 0 Å². The van der Waals surface area contributed by atoms with E-state index in [0.717, 1.165) is 22.6 Å². The number of amides is 3. The maximum Gasteiger partial charge on any atom is 0.262 e. The van der Waals surface area contributed by atoms with E-state index in [1.54, 1.807) is 36.8 Å². The Kier molecular flexibility index (Phi) is 6.16. The average Bonchev–Trinajstić information content (AvgIpc) is 3.38. The molecule has 164 valence electrons. The second-order valence-corrected chi connectivity index (χ2v) is 8.44. The fraction of sp³-hybridized carbons (Fsp3) is 0.280. The van der Waals surface area contributed by atoms with Crippen LogP contribution in [0.25, 0.3) is 0 Å². The lowest BCUT2D eigenvalue weighted by Gasteiger charge is -2.26. The first kappa shape index (κ1) is 21.5. The largest absolute Gasteiger partial charge is 0.350 e. The summed E-state index contributed by atoms with van der Waals surface area (Å²) in [5, 5.41) is 2.91. The molecule has 1 atom stereocenters. The van der Waals surface area contributed by atoms with Crippen LogP contribution in [0.4, 0.5) is 0 Å². The van der Waals surface area contributed by atoms with Crippen molar-refractivity contribution in [2.75, 3.05) is 0 Å². The molecular formula is C25H26N4O3. The highest BCUT2D eigenvalue weighted by Gasteiger charge is 2.42. The summed E-state index contributed by atoms with van der Waals surface area (Å²) in [4.78, 5) is 44.0. The molecule has 1 aliphatic rings. The number of benzene rings is 2. The summed E-state index contributed by atoms with van der Waals surface area (Å²) in [6.45, 7) is 4.99. The standard InChI is InChI=1S/C25H26N4O3/c1-17(2)13-22(29-24(31)20-5-3-4-6-21(20)25(29)32)23(30)27-14-18-7-9-19(10-8-18)15-28-12-11-26-16-28/h3-12,16-17,22H,13-15H2,1-2H3,(H,27,30). The van der Waals surface area contributed by atoms with E-state index < -0.39 is 17.9 Å². The zero-order valence-corrected chi connectivity index (χ0v) is 18.2. The summed E-state index contributed by atoms with van der Waals surface area (Å²) in [6.07, 6.45) is 5.82. The smallest absolute Gasteiger partial charge is 0.262 e. The summed E-state index contributed by atoms with van der Waals surface area (Å²) in [7, 11) is 0. The summed E-state index contributed by atoms with van der Waals surface area (Å²) >= 11 is 0. The van der Waals surface area contributed by atoms with Crippen molar-refractivity contribution in [2.45, 2.75) is 39.4 Å². The number of imidazole rings is 1. The number of hydrogen-bond donors (Lipinski definition) is 1. The number of carbonyl (C=O) groups excluding carboxylic acids is 3. The third-order valence-corrected chi connectivity index (χ3v) is 5.55. The average molecular weight is 431 g/mol. The fourth-order valence-electron chi connectivity index (χ4n) is 3.93. The zero-order chi connectivity index (χ0) is 22.7. The van der Waals surface area contributed by atoms with Gasteiger partial charge in [0.1, 0.15) is 6.04 Å². The number of aromatic nitrogens is 2. The van der Waals surface area contributed by atoms with E-state index in [1.807, 2.05) is 48.9 Å². The van der Waals surface area contributed by atoms with Crippen LogP contribution in [0.15, 0.2) is 67.3 Å². The number of nitrogens with one attached hydrogen (secondary N) is 1. The minimum Gasteiger partial charge on any atom is -0.350 e. The van der Waals surface area contributed by atoms with Crippen LogP contribution in [0.3, 0.4) is 0 Å². The molecule has 7 nitrogen and oxygen atoms in total. The summed E-state index contributed by atoms with van der Waals surface area (Å²) in [6, 6.07) is 13.8. The van der Waals surface area contributed by atoms with Gasteiger partial charge in [0.25, 0.3) is 11.8 Å². The number of imide groups is 1. The Hall–Kier alpha value is -3.74. The van der Waals surface area contributed by atoms with Crippen LogP contribution in [0.5, 0.6) is 0 Å². The molecule has 7 heteroatoms. The van der Waals surface area contributed by atoms with Gasteiger partial charge in [-0.15, -0.1) is 0 Å². The van der Waals surface area contributed by atoms with Crippen LogP contribution in [-0.2, 0) is 17.9 Å². The number of fused-ring (bicyclic) bond motifs is 1. The number of rotatable bonds is 8. The first-order valence-corrected chi connectivity index (χ1v) is 10.7. The van der Waals surface area contributed by atoms with Crippen LogP contribution in [0.1, 0.15) is 52.1 Å². The third kappa shape index (κ3) is 4.46. The lowest BCUT2D eigenvalue weighted by atomic mass is 10.0. The van der Waals surface area contributed by atoms with Gasteiger partial charge in [-0.25, -0.2) is 4.98 Å². The number of hydrogen-bond acceptors (Lipinski definition) is 4. The molecule has 1 N–H and O–H groups in total. The van der Waals surface area contributed by atoms with Crippen molar-refractivity contribution in [2.24, 2.45) is 5.92 Å². The van der Waals surface area contributed by atoms with Gasteiger partial charge >= 0.3 is 0 Å². The molecule has 1 aliphatic heterocycles. The molecule has 0 spiro atoms. The number of carbonyl (C=O) groups is 3. The van der Waals surface area contributed by atoms with Crippen molar-refractivity contribution in [3.8, 4) is 0 Å². The third-order valence-electron chi connectivity index (χ3n) is 5.55. The fourth-order valence-corrected chi connectivity index (χ4v) is 3.93.